The van der Waals surface area contributed by atoms with Crippen LogP contribution in [-0.2, 0) is 0 Å². The topological polar surface area (TPSA) is 55.5 Å². The third kappa shape index (κ3) is 2.43. The Morgan fingerprint density at radius 3 is 2.79 bits per heavy atom. The van der Waals surface area contributed by atoms with Gasteiger partial charge in [0.1, 0.15) is 0 Å². The lowest BCUT2D eigenvalue weighted by atomic mass is 10.1. The van der Waals surface area contributed by atoms with Crippen molar-refractivity contribution in [3.63, 3.8) is 0 Å². The first-order valence-electron chi connectivity index (χ1n) is 4.40. The number of benzene rings is 1. The fourth-order valence-corrected chi connectivity index (χ4v) is 1.21. The maximum absolute atomic E-state index is 13.2. The van der Waals surface area contributed by atoms with Gasteiger partial charge in [0.15, 0.2) is 11.6 Å². The summed E-state index contributed by atoms with van der Waals surface area (Å²) in [4.78, 5) is 0. The summed E-state index contributed by atoms with van der Waals surface area (Å²) in [7, 11) is 1.40. The summed E-state index contributed by atoms with van der Waals surface area (Å²) in [5.74, 6) is -0.297. The molecule has 0 spiro atoms. The number of halogens is 1. The summed E-state index contributed by atoms with van der Waals surface area (Å²) < 4.78 is 17.9. The minimum absolute atomic E-state index is 0.175. The van der Waals surface area contributed by atoms with Crippen LogP contribution in [0.2, 0.25) is 0 Å². The van der Waals surface area contributed by atoms with Crippen molar-refractivity contribution in [3.8, 4) is 5.75 Å². The van der Waals surface area contributed by atoms with E-state index in [9.17, 15) is 9.50 Å². The second-order valence-corrected chi connectivity index (χ2v) is 2.99. The van der Waals surface area contributed by atoms with Crippen molar-refractivity contribution >= 4 is 0 Å². The molecule has 0 bridgehead atoms. The van der Waals surface area contributed by atoms with Gasteiger partial charge in [0.05, 0.1) is 13.2 Å². The van der Waals surface area contributed by atoms with Gasteiger partial charge in [0.25, 0.3) is 0 Å². The zero-order chi connectivity index (χ0) is 10.6. The largest absolute Gasteiger partial charge is 0.494 e. The molecule has 0 amide bonds. The third-order valence-corrected chi connectivity index (χ3v) is 2.00. The van der Waals surface area contributed by atoms with E-state index in [0.717, 1.165) is 0 Å². The van der Waals surface area contributed by atoms with Gasteiger partial charge < -0.3 is 15.6 Å². The number of hydrogen-bond donors (Lipinski definition) is 2. The van der Waals surface area contributed by atoms with Gasteiger partial charge in [-0.25, -0.2) is 4.39 Å². The first-order valence-corrected chi connectivity index (χ1v) is 4.40. The Labute approximate surface area is 82.3 Å². The van der Waals surface area contributed by atoms with E-state index in [-0.39, 0.29) is 5.75 Å². The van der Waals surface area contributed by atoms with Crippen molar-refractivity contribution in [2.24, 2.45) is 5.73 Å². The van der Waals surface area contributed by atoms with Gasteiger partial charge in [-0.2, -0.15) is 0 Å². The van der Waals surface area contributed by atoms with Gasteiger partial charge in [-0.1, -0.05) is 6.07 Å². The van der Waals surface area contributed by atoms with Crippen LogP contribution in [0.25, 0.3) is 0 Å². The molecule has 0 aliphatic carbocycles. The monoisotopic (exact) mass is 199 g/mol. The fourth-order valence-electron chi connectivity index (χ4n) is 1.21. The molecule has 0 fully saturated rings. The molecule has 3 N–H and O–H groups in total. The minimum atomic E-state index is -0.708. The van der Waals surface area contributed by atoms with Gasteiger partial charge in [-0.3, -0.25) is 0 Å². The van der Waals surface area contributed by atoms with Crippen molar-refractivity contribution < 1.29 is 14.2 Å². The number of ether oxygens (including phenoxy) is 1. The lowest BCUT2D eigenvalue weighted by Crippen LogP contribution is -2.07. The van der Waals surface area contributed by atoms with Gasteiger partial charge in [0.2, 0.25) is 0 Å². The highest BCUT2D eigenvalue weighted by Gasteiger charge is 2.09. The molecule has 78 valence electrons. The molecule has 1 rings (SSSR count). The van der Waals surface area contributed by atoms with Crippen LogP contribution < -0.4 is 10.5 Å². The number of aliphatic hydroxyl groups excluding tert-OH is 1. The average Bonchev–Trinajstić information content (AvgIpc) is 2.18. The Morgan fingerprint density at radius 1 is 1.57 bits per heavy atom. The molecule has 4 heteroatoms. The molecule has 1 atom stereocenters. The molecule has 0 heterocycles. The third-order valence-electron chi connectivity index (χ3n) is 2.00. The molecule has 0 saturated heterocycles. The van der Waals surface area contributed by atoms with Crippen molar-refractivity contribution in [2.45, 2.75) is 12.5 Å². The van der Waals surface area contributed by atoms with Gasteiger partial charge >= 0.3 is 0 Å². The second-order valence-electron chi connectivity index (χ2n) is 2.99. The highest BCUT2D eigenvalue weighted by atomic mass is 19.1. The molecule has 0 aromatic heterocycles. The van der Waals surface area contributed by atoms with Crippen molar-refractivity contribution in [1.29, 1.82) is 0 Å². The Hall–Kier alpha value is -1.13. The van der Waals surface area contributed by atoms with E-state index in [1.165, 1.54) is 19.2 Å². The molecule has 1 aromatic rings. The van der Waals surface area contributed by atoms with Gasteiger partial charge in [-0.15, -0.1) is 0 Å². The van der Waals surface area contributed by atoms with Gasteiger partial charge in [-0.05, 0) is 30.7 Å². The maximum atomic E-state index is 13.2. The SMILES string of the molecule is COc1ccc([C@@H](O)CCN)cc1F. The zero-order valence-electron chi connectivity index (χ0n) is 8.03. The van der Waals surface area contributed by atoms with E-state index in [2.05, 4.69) is 0 Å². The quantitative estimate of drug-likeness (QED) is 0.766. The second kappa shape index (κ2) is 4.93. The van der Waals surface area contributed by atoms with Crippen LogP contribution in [0.3, 0.4) is 0 Å². The van der Waals surface area contributed by atoms with E-state index in [0.29, 0.717) is 18.5 Å². The summed E-state index contributed by atoms with van der Waals surface area (Å²) >= 11 is 0. The first-order chi connectivity index (χ1) is 6.69. The minimum Gasteiger partial charge on any atom is -0.494 e. The molecule has 0 unspecified atom stereocenters. The number of methoxy groups -OCH3 is 1. The molecule has 14 heavy (non-hydrogen) atoms. The van der Waals surface area contributed by atoms with Crippen LogP contribution in [0.5, 0.6) is 5.75 Å². The standard InChI is InChI=1S/C10H14FNO2/c1-14-10-3-2-7(6-8(10)11)9(13)4-5-12/h2-3,6,9,13H,4-5,12H2,1H3/t9-/m0/s1. The lowest BCUT2D eigenvalue weighted by molar-refractivity contribution is 0.169. The Bertz CT molecular complexity index is 304. The van der Waals surface area contributed by atoms with E-state index in [1.807, 2.05) is 0 Å². The predicted molar refractivity (Wildman–Crippen MR) is 51.6 cm³/mol. The van der Waals surface area contributed by atoms with Crippen LogP contribution in [0.4, 0.5) is 4.39 Å². The smallest absolute Gasteiger partial charge is 0.165 e. The van der Waals surface area contributed by atoms with E-state index in [4.69, 9.17) is 10.5 Å². The van der Waals surface area contributed by atoms with Crippen LogP contribution in [0, 0.1) is 5.82 Å². The fraction of sp³-hybridized carbons (Fsp3) is 0.400. The molecule has 1 aromatic carbocycles. The predicted octanol–water partition coefficient (Wildman–Crippen LogP) is 1.22. The molecule has 3 nitrogen and oxygen atoms in total. The molecule has 0 aliphatic rings. The highest BCUT2D eigenvalue weighted by molar-refractivity contribution is 5.30. The van der Waals surface area contributed by atoms with E-state index >= 15 is 0 Å². The molecule has 0 saturated carbocycles. The maximum Gasteiger partial charge on any atom is 0.165 e. The average molecular weight is 199 g/mol. The number of hydrogen-bond acceptors (Lipinski definition) is 3. The Kier molecular flexibility index (Phi) is 3.85. The summed E-state index contributed by atoms with van der Waals surface area (Å²) in [6.45, 7) is 0.370. The number of rotatable bonds is 4. The molecule has 0 radical (unpaired) electrons. The first kappa shape index (κ1) is 10.9. The summed E-state index contributed by atoms with van der Waals surface area (Å²) in [6, 6.07) is 4.38. The summed E-state index contributed by atoms with van der Waals surface area (Å²) in [5.41, 5.74) is 5.80. The lowest BCUT2D eigenvalue weighted by Gasteiger charge is -2.10. The van der Waals surface area contributed by atoms with Crippen LogP contribution in [0.15, 0.2) is 18.2 Å². The van der Waals surface area contributed by atoms with Gasteiger partial charge in [0, 0.05) is 0 Å². The van der Waals surface area contributed by atoms with Crippen molar-refractivity contribution in [1.82, 2.24) is 0 Å². The highest BCUT2D eigenvalue weighted by Crippen LogP contribution is 2.22. The van der Waals surface area contributed by atoms with E-state index in [1.54, 1.807) is 6.07 Å². The summed E-state index contributed by atoms with van der Waals surface area (Å²) in [5, 5.41) is 9.52. The number of aliphatic hydroxyl groups is 1. The normalized spacial score (nSPS) is 12.6. The molecular formula is C10H14FNO2. The van der Waals surface area contributed by atoms with Crippen LogP contribution in [-0.4, -0.2) is 18.8 Å². The summed E-state index contributed by atoms with van der Waals surface area (Å²) in [6.07, 6.45) is -0.286. The zero-order valence-corrected chi connectivity index (χ0v) is 8.03. The van der Waals surface area contributed by atoms with E-state index < -0.39 is 11.9 Å². The van der Waals surface area contributed by atoms with Crippen molar-refractivity contribution in [3.05, 3.63) is 29.6 Å². The molecule has 0 aliphatic heterocycles. The van der Waals surface area contributed by atoms with Crippen LogP contribution >= 0.6 is 0 Å². The van der Waals surface area contributed by atoms with Crippen LogP contribution in [0.1, 0.15) is 18.1 Å². The number of nitrogens with two attached hydrogens (primary N) is 1. The Morgan fingerprint density at radius 2 is 2.29 bits per heavy atom. The van der Waals surface area contributed by atoms with Crippen molar-refractivity contribution in [2.75, 3.05) is 13.7 Å². The molecular weight excluding hydrogens is 185 g/mol. The Balaban J connectivity index is 2.85.